The first-order valence-corrected chi connectivity index (χ1v) is 9.50. The molecule has 0 spiro atoms. The van der Waals surface area contributed by atoms with Gasteiger partial charge in [-0.2, -0.15) is 9.90 Å². The molecule has 1 amide bonds. The Morgan fingerprint density at radius 1 is 1.00 bits per heavy atom. The molecule has 3 aromatic carbocycles. The lowest BCUT2D eigenvalue weighted by Crippen LogP contribution is -2.17. The van der Waals surface area contributed by atoms with Crippen molar-refractivity contribution in [2.45, 2.75) is 13.5 Å². The van der Waals surface area contributed by atoms with Gasteiger partial charge in [-0.1, -0.05) is 72.3 Å². The van der Waals surface area contributed by atoms with Gasteiger partial charge in [0.1, 0.15) is 0 Å². The molecule has 30 heavy (non-hydrogen) atoms. The van der Waals surface area contributed by atoms with Crippen LogP contribution >= 0.6 is 0 Å². The molecule has 0 aliphatic carbocycles. The molecular weight excluding hydrogens is 376 g/mol. The monoisotopic (exact) mass is 396 g/mol. The number of benzene rings is 3. The molecule has 0 aliphatic heterocycles. The second kappa shape index (κ2) is 8.91. The van der Waals surface area contributed by atoms with Gasteiger partial charge in [0.2, 0.25) is 5.82 Å². The lowest BCUT2D eigenvalue weighted by Gasteiger charge is -2.03. The van der Waals surface area contributed by atoms with Gasteiger partial charge in [-0.3, -0.25) is 4.79 Å². The first-order chi connectivity index (χ1) is 14.7. The fourth-order valence-electron chi connectivity index (χ4n) is 2.82. The number of aryl methyl sites for hydroxylation is 1. The molecule has 0 fully saturated rings. The Morgan fingerprint density at radius 2 is 1.73 bits per heavy atom. The highest BCUT2D eigenvalue weighted by molar-refractivity contribution is 5.94. The minimum atomic E-state index is -0.268. The van der Waals surface area contributed by atoms with Crippen molar-refractivity contribution in [2.75, 3.05) is 0 Å². The minimum absolute atomic E-state index is 0.268. The third-order valence-corrected chi connectivity index (χ3v) is 4.48. The van der Waals surface area contributed by atoms with Crippen LogP contribution in [0.3, 0.4) is 0 Å². The van der Waals surface area contributed by atoms with Gasteiger partial charge < -0.3 is 0 Å². The van der Waals surface area contributed by atoms with Crippen molar-refractivity contribution >= 4 is 12.1 Å². The summed E-state index contributed by atoms with van der Waals surface area (Å²) >= 11 is 0. The van der Waals surface area contributed by atoms with Crippen LogP contribution in [0.15, 0.2) is 84.0 Å². The first kappa shape index (κ1) is 19.2. The molecule has 148 valence electrons. The number of rotatable bonds is 6. The average Bonchev–Trinajstić information content (AvgIpc) is 3.25. The number of nitrogens with zero attached hydrogens (tertiary/aromatic N) is 5. The molecule has 1 heterocycles. The van der Waals surface area contributed by atoms with Gasteiger partial charge >= 0.3 is 0 Å². The molecule has 7 heteroatoms. The first-order valence-electron chi connectivity index (χ1n) is 9.50. The van der Waals surface area contributed by atoms with Crippen molar-refractivity contribution in [3.05, 3.63) is 101 Å². The summed E-state index contributed by atoms with van der Waals surface area (Å²) in [7, 11) is 0. The van der Waals surface area contributed by atoms with Gasteiger partial charge in [0.25, 0.3) is 5.91 Å². The van der Waals surface area contributed by atoms with Crippen molar-refractivity contribution < 1.29 is 4.79 Å². The van der Waals surface area contributed by atoms with Crippen LogP contribution in [0.2, 0.25) is 0 Å². The van der Waals surface area contributed by atoms with Crippen LogP contribution in [0.25, 0.3) is 11.4 Å². The Kier molecular flexibility index (Phi) is 5.70. The van der Waals surface area contributed by atoms with E-state index in [-0.39, 0.29) is 5.91 Å². The Bertz CT molecular complexity index is 1150. The topological polar surface area (TPSA) is 85.1 Å². The summed E-state index contributed by atoms with van der Waals surface area (Å²) in [5.41, 5.74) is 7.05. The van der Waals surface area contributed by atoms with Gasteiger partial charge in [-0.15, -0.1) is 10.2 Å². The quantitative estimate of drug-likeness (QED) is 0.400. The zero-order chi connectivity index (χ0) is 20.8. The molecule has 0 saturated carbocycles. The van der Waals surface area contributed by atoms with E-state index in [2.05, 4.69) is 25.9 Å². The number of nitrogens with one attached hydrogen (secondary N) is 1. The zero-order valence-electron chi connectivity index (χ0n) is 16.4. The highest BCUT2D eigenvalue weighted by Crippen LogP contribution is 2.12. The molecular formula is C23H20N6O. The van der Waals surface area contributed by atoms with Crippen molar-refractivity contribution in [1.82, 2.24) is 25.6 Å². The maximum atomic E-state index is 12.3. The van der Waals surface area contributed by atoms with E-state index < -0.39 is 0 Å². The van der Waals surface area contributed by atoms with Crippen molar-refractivity contribution in [1.29, 1.82) is 0 Å². The number of hydrazone groups is 1. The fraction of sp³-hybridized carbons (Fsp3) is 0.0870. The van der Waals surface area contributed by atoms with E-state index in [9.17, 15) is 4.79 Å². The summed E-state index contributed by atoms with van der Waals surface area (Å²) in [6.07, 6.45) is 1.62. The average molecular weight is 396 g/mol. The number of carbonyl (C=O) groups is 1. The van der Waals surface area contributed by atoms with Crippen LogP contribution in [0.4, 0.5) is 0 Å². The highest BCUT2D eigenvalue weighted by Gasteiger charge is 2.07. The van der Waals surface area contributed by atoms with E-state index in [0.29, 0.717) is 17.9 Å². The van der Waals surface area contributed by atoms with E-state index in [1.807, 2.05) is 73.7 Å². The number of aromatic nitrogens is 4. The molecule has 4 rings (SSSR count). The van der Waals surface area contributed by atoms with E-state index in [4.69, 9.17) is 0 Å². The van der Waals surface area contributed by atoms with Crippen LogP contribution in [0, 0.1) is 6.92 Å². The fourth-order valence-corrected chi connectivity index (χ4v) is 2.82. The largest absolute Gasteiger partial charge is 0.271 e. The summed E-state index contributed by atoms with van der Waals surface area (Å²) in [5, 5.41) is 16.6. The Morgan fingerprint density at radius 3 is 2.47 bits per heavy atom. The van der Waals surface area contributed by atoms with Crippen molar-refractivity contribution in [3.63, 3.8) is 0 Å². The second-order valence-corrected chi connectivity index (χ2v) is 6.82. The Balaban J connectivity index is 1.35. The van der Waals surface area contributed by atoms with Crippen LogP contribution in [0.1, 0.15) is 27.0 Å². The van der Waals surface area contributed by atoms with E-state index in [1.54, 1.807) is 18.3 Å². The molecule has 0 atom stereocenters. The number of hydrogen-bond acceptors (Lipinski definition) is 5. The predicted octanol–water partition coefficient (Wildman–Crippen LogP) is 3.46. The van der Waals surface area contributed by atoms with Gasteiger partial charge in [0.15, 0.2) is 0 Å². The smallest absolute Gasteiger partial charge is 0.267 e. The van der Waals surface area contributed by atoms with Gasteiger partial charge in [0.05, 0.1) is 12.8 Å². The molecule has 1 aromatic heterocycles. The lowest BCUT2D eigenvalue weighted by atomic mass is 10.1. The Hall–Kier alpha value is -4.13. The summed E-state index contributed by atoms with van der Waals surface area (Å²) in [4.78, 5) is 13.8. The maximum absolute atomic E-state index is 12.3. The number of hydrogen-bond donors (Lipinski definition) is 1. The number of amides is 1. The van der Waals surface area contributed by atoms with Gasteiger partial charge in [-0.05, 0) is 35.4 Å². The number of carbonyl (C=O) groups excluding carboxylic acids is 1. The van der Waals surface area contributed by atoms with Crippen LogP contribution in [0.5, 0.6) is 0 Å². The van der Waals surface area contributed by atoms with E-state index in [1.165, 1.54) is 10.4 Å². The lowest BCUT2D eigenvalue weighted by molar-refractivity contribution is 0.0955. The molecule has 0 radical (unpaired) electrons. The van der Waals surface area contributed by atoms with Crippen LogP contribution < -0.4 is 5.43 Å². The van der Waals surface area contributed by atoms with Crippen LogP contribution in [-0.2, 0) is 6.54 Å². The summed E-state index contributed by atoms with van der Waals surface area (Å²) < 4.78 is 0. The van der Waals surface area contributed by atoms with E-state index >= 15 is 0 Å². The predicted molar refractivity (Wildman–Crippen MR) is 115 cm³/mol. The Labute approximate surface area is 174 Å². The zero-order valence-corrected chi connectivity index (χ0v) is 16.4. The van der Waals surface area contributed by atoms with Gasteiger partial charge in [-0.25, -0.2) is 5.43 Å². The third kappa shape index (κ3) is 4.82. The molecule has 0 unspecified atom stereocenters. The standard InChI is InChI=1S/C23H20N6O/c1-17-7-9-18(10-8-17)15-24-26-23(30)21-13-11-19(12-14-21)16-29-27-22(25-28-29)20-5-3-2-4-6-20/h2-15H,16H2,1H3,(H,26,30)/b24-15-. The minimum Gasteiger partial charge on any atom is -0.267 e. The molecule has 0 saturated heterocycles. The molecule has 7 nitrogen and oxygen atoms in total. The van der Waals surface area contributed by atoms with E-state index in [0.717, 1.165) is 16.7 Å². The SMILES string of the molecule is Cc1ccc(/C=N\NC(=O)c2ccc(Cn3nnc(-c4ccccc4)n3)cc2)cc1. The summed E-state index contributed by atoms with van der Waals surface area (Å²) in [6.45, 7) is 2.49. The molecule has 0 bridgehead atoms. The van der Waals surface area contributed by atoms with Crippen molar-refractivity contribution in [2.24, 2.45) is 5.10 Å². The number of tetrazole rings is 1. The second-order valence-electron chi connectivity index (χ2n) is 6.82. The normalized spacial score (nSPS) is 11.0. The summed E-state index contributed by atoms with van der Waals surface area (Å²) in [6, 6.07) is 24.8. The summed E-state index contributed by atoms with van der Waals surface area (Å²) in [5.74, 6) is 0.313. The molecule has 4 aromatic rings. The maximum Gasteiger partial charge on any atom is 0.271 e. The molecule has 0 aliphatic rings. The van der Waals surface area contributed by atoms with Gasteiger partial charge in [0, 0.05) is 11.1 Å². The van der Waals surface area contributed by atoms with Crippen LogP contribution in [-0.4, -0.2) is 32.3 Å². The highest BCUT2D eigenvalue weighted by atomic mass is 16.2. The van der Waals surface area contributed by atoms with Crippen molar-refractivity contribution in [3.8, 4) is 11.4 Å². The third-order valence-electron chi connectivity index (χ3n) is 4.48. The molecule has 1 N–H and O–H groups in total.